The van der Waals surface area contributed by atoms with Crippen molar-refractivity contribution < 1.29 is 10.0 Å². The lowest BCUT2D eigenvalue weighted by Crippen LogP contribution is -2.25. The topological polar surface area (TPSA) is 120 Å². The van der Waals surface area contributed by atoms with Crippen molar-refractivity contribution >= 4 is 21.9 Å². The van der Waals surface area contributed by atoms with Gasteiger partial charge in [0.1, 0.15) is 0 Å². The third kappa shape index (κ3) is 2.47. The van der Waals surface area contributed by atoms with E-state index in [1.807, 2.05) is 0 Å². The molecule has 0 saturated heterocycles. The van der Waals surface area contributed by atoms with Crippen LogP contribution in [0.3, 0.4) is 0 Å². The lowest BCUT2D eigenvalue weighted by atomic mass is 10.4. The molecule has 0 aliphatic rings. The van der Waals surface area contributed by atoms with E-state index in [4.69, 9.17) is 5.73 Å². The van der Waals surface area contributed by atoms with Gasteiger partial charge in [-0.3, -0.25) is 0 Å². The first-order chi connectivity index (χ1) is 6.54. The number of nitro groups is 1. The van der Waals surface area contributed by atoms with Gasteiger partial charge in [0.25, 0.3) is 4.73 Å². The predicted molar refractivity (Wildman–Crippen MR) is 49.4 cm³/mol. The van der Waals surface area contributed by atoms with Crippen LogP contribution in [-0.2, 0) is 6.54 Å². The summed E-state index contributed by atoms with van der Waals surface area (Å²) in [5, 5.41) is 23.0. The summed E-state index contributed by atoms with van der Waals surface area (Å²) in [6.45, 7) is 0.123. The van der Waals surface area contributed by atoms with E-state index < -0.39 is 17.0 Å². The molecule has 0 aromatic carbocycles. The maximum absolute atomic E-state index is 10.3. The van der Waals surface area contributed by atoms with Gasteiger partial charge in [-0.2, -0.15) is 4.68 Å². The van der Waals surface area contributed by atoms with Gasteiger partial charge in [-0.25, -0.2) is 0 Å². The SMILES string of the molecule is NCC(O)Cn1nc([N+](=O)[O-])nc1Br. The van der Waals surface area contributed by atoms with Crippen molar-refractivity contribution in [1.29, 1.82) is 0 Å². The van der Waals surface area contributed by atoms with Crippen LogP contribution in [0.15, 0.2) is 4.73 Å². The normalized spacial score (nSPS) is 12.8. The number of hydrogen-bond donors (Lipinski definition) is 2. The maximum atomic E-state index is 10.3. The first kappa shape index (κ1) is 11.0. The largest absolute Gasteiger partial charge is 0.492 e. The fraction of sp³-hybridized carbons (Fsp3) is 0.600. The Hall–Kier alpha value is -1.06. The zero-order valence-electron chi connectivity index (χ0n) is 7.00. The maximum Gasteiger partial charge on any atom is 0.492 e. The van der Waals surface area contributed by atoms with E-state index in [0.29, 0.717) is 0 Å². The first-order valence-electron chi connectivity index (χ1n) is 3.67. The number of nitrogens with zero attached hydrogens (tertiary/aromatic N) is 4. The fourth-order valence-corrected chi connectivity index (χ4v) is 1.16. The van der Waals surface area contributed by atoms with Crippen LogP contribution in [-0.4, -0.2) is 37.4 Å². The molecule has 0 fully saturated rings. The lowest BCUT2D eigenvalue weighted by Gasteiger charge is -2.03. The Kier molecular flexibility index (Phi) is 3.49. The molecule has 0 amide bonds. The third-order valence-corrected chi connectivity index (χ3v) is 2.02. The zero-order valence-corrected chi connectivity index (χ0v) is 8.59. The summed E-state index contributed by atoms with van der Waals surface area (Å²) in [6, 6.07) is 0. The number of hydrogen-bond acceptors (Lipinski definition) is 6. The van der Waals surface area contributed by atoms with Gasteiger partial charge < -0.3 is 21.0 Å². The molecule has 8 nitrogen and oxygen atoms in total. The summed E-state index contributed by atoms with van der Waals surface area (Å²) < 4.78 is 1.37. The first-order valence-corrected chi connectivity index (χ1v) is 4.46. The van der Waals surface area contributed by atoms with Crippen LogP contribution < -0.4 is 5.73 Å². The van der Waals surface area contributed by atoms with E-state index in [2.05, 4.69) is 26.0 Å². The summed E-state index contributed by atoms with van der Waals surface area (Å²) in [5.41, 5.74) is 5.18. The Morgan fingerprint density at radius 3 is 2.86 bits per heavy atom. The lowest BCUT2D eigenvalue weighted by molar-refractivity contribution is -0.394. The standard InChI is InChI=1S/C5H8BrN5O3/c6-4-8-5(11(13)14)9-10(4)2-3(12)1-7/h3,12H,1-2,7H2. The Labute approximate surface area is 87.0 Å². The average Bonchev–Trinajstić information content (AvgIpc) is 2.48. The van der Waals surface area contributed by atoms with Crippen LogP contribution >= 0.6 is 15.9 Å². The highest BCUT2D eigenvalue weighted by molar-refractivity contribution is 9.10. The molecule has 1 aromatic heterocycles. The minimum Gasteiger partial charge on any atom is -0.390 e. The van der Waals surface area contributed by atoms with E-state index in [9.17, 15) is 15.2 Å². The quantitative estimate of drug-likeness (QED) is 0.547. The summed E-state index contributed by atoms with van der Waals surface area (Å²) >= 11 is 2.98. The van der Waals surface area contributed by atoms with Crippen LogP contribution in [0.1, 0.15) is 0 Å². The minimum absolute atomic E-state index is 0.0557. The minimum atomic E-state index is -0.799. The summed E-state index contributed by atoms with van der Waals surface area (Å²) in [4.78, 5) is 13.1. The Bertz CT molecular complexity index is 340. The predicted octanol–water partition coefficient (Wildman–Crippen LogP) is -0.732. The van der Waals surface area contributed by atoms with Crippen LogP contribution in [0.4, 0.5) is 5.95 Å². The highest BCUT2D eigenvalue weighted by atomic mass is 79.9. The highest BCUT2D eigenvalue weighted by Gasteiger charge is 2.20. The molecule has 1 atom stereocenters. The molecule has 1 unspecified atom stereocenters. The van der Waals surface area contributed by atoms with Crippen LogP contribution in [0.2, 0.25) is 0 Å². The molecular formula is C5H8BrN5O3. The van der Waals surface area contributed by atoms with E-state index in [1.54, 1.807) is 0 Å². The molecule has 0 bridgehead atoms. The number of aromatic nitrogens is 3. The molecule has 1 heterocycles. The van der Waals surface area contributed by atoms with Crippen molar-refractivity contribution in [3.63, 3.8) is 0 Å². The molecule has 3 N–H and O–H groups in total. The summed E-state index contributed by atoms with van der Waals surface area (Å²) in [7, 11) is 0. The Morgan fingerprint density at radius 1 is 1.79 bits per heavy atom. The van der Waals surface area contributed by atoms with Crippen LogP contribution in [0.5, 0.6) is 0 Å². The third-order valence-electron chi connectivity index (χ3n) is 1.43. The second kappa shape index (κ2) is 4.44. The van der Waals surface area contributed by atoms with Gasteiger partial charge in [-0.15, -0.1) is 0 Å². The van der Waals surface area contributed by atoms with Crippen molar-refractivity contribution in [3.05, 3.63) is 14.8 Å². The van der Waals surface area contributed by atoms with Gasteiger partial charge >= 0.3 is 5.95 Å². The molecule has 0 aliphatic carbocycles. The number of rotatable bonds is 4. The van der Waals surface area contributed by atoms with Gasteiger partial charge in [-0.05, 0) is 9.91 Å². The van der Waals surface area contributed by atoms with Crippen LogP contribution in [0.25, 0.3) is 0 Å². The van der Waals surface area contributed by atoms with Crippen molar-refractivity contribution in [2.24, 2.45) is 5.73 Å². The molecule has 0 aliphatic heterocycles. The van der Waals surface area contributed by atoms with Gasteiger partial charge in [0.15, 0.2) is 0 Å². The molecule has 14 heavy (non-hydrogen) atoms. The van der Waals surface area contributed by atoms with E-state index in [0.717, 1.165) is 0 Å². The van der Waals surface area contributed by atoms with E-state index in [1.165, 1.54) is 4.68 Å². The number of nitrogens with two attached hydrogens (primary N) is 1. The van der Waals surface area contributed by atoms with Crippen molar-refractivity contribution in [1.82, 2.24) is 14.8 Å². The van der Waals surface area contributed by atoms with Crippen molar-refractivity contribution in [3.8, 4) is 0 Å². The number of aliphatic hydroxyl groups excluding tert-OH is 1. The van der Waals surface area contributed by atoms with Gasteiger partial charge in [0.2, 0.25) is 0 Å². The Balaban J connectivity index is 2.82. The molecule has 0 saturated carbocycles. The molecule has 0 spiro atoms. The average molecular weight is 266 g/mol. The van der Waals surface area contributed by atoms with Crippen LogP contribution in [0, 0.1) is 10.1 Å². The molecular weight excluding hydrogens is 258 g/mol. The monoisotopic (exact) mass is 265 g/mol. The zero-order chi connectivity index (χ0) is 10.7. The molecule has 0 radical (unpaired) electrons. The molecule has 1 rings (SSSR count). The van der Waals surface area contributed by atoms with E-state index >= 15 is 0 Å². The number of halogens is 1. The second-order valence-electron chi connectivity index (χ2n) is 2.51. The Morgan fingerprint density at radius 2 is 2.43 bits per heavy atom. The number of aliphatic hydroxyl groups is 1. The molecule has 1 aromatic rings. The van der Waals surface area contributed by atoms with Gasteiger partial charge in [0, 0.05) is 27.6 Å². The smallest absolute Gasteiger partial charge is 0.390 e. The summed E-state index contributed by atoms with van der Waals surface area (Å²) in [6.07, 6.45) is -0.799. The van der Waals surface area contributed by atoms with Crippen molar-refractivity contribution in [2.75, 3.05) is 6.54 Å². The van der Waals surface area contributed by atoms with Crippen molar-refractivity contribution in [2.45, 2.75) is 12.6 Å². The fourth-order valence-electron chi connectivity index (χ4n) is 0.779. The highest BCUT2D eigenvalue weighted by Crippen LogP contribution is 2.12. The molecule has 9 heteroatoms. The van der Waals surface area contributed by atoms with Gasteiger partial charge in [-0.1, -0.05) is 0 Å². The van der Waals surface area contributed by atoms with E-state index in [-0.39, 0.29) is 17.8 Å². The van der Waals surface area contributed by atoms with Gasteiger partial charge in [0.05, 0.1) is 12.6 Å². The summed E-state index contributed by atoms with van der Waals surface area (Å²) in [5.74, 6) is -0.513. The molecule has 78 valence electrons. The second-order valence-corrected chi connectivity index (χ2v) is 3.22.